The fourth-order valence-corrected chi connectivity index (χ4v) is 27.2. The number of ether oxygens (including phenoxy) is 2. The second kappa shape index (κ2) is 22.0. The molecule has 11 aliphatic carbocycles. The fourth-order valence-electron chi connectivity index (χ4n) is 27.2. The molecule has 0 radical (unpaired) electrons. The van der Waals surface area contributed by atoms with E-state index < -0.39 is 46.6 Å². The van der Waals surface area contributed by atoms with Gasteiger partial charge in [-0.05, 0) is 272 Å². The van der Waals surface area contributed by atoms with Gasteiger partial charge in [-0.3, -0.25) is 4.79 Å². The van der Waals surface area contributed by atoms with Crippen molar-refractivity contribution >= 4 is 22.7 Å². The van der Waals surface area contributed by atoms with Gasteiger partial charge in [-0.1, -0.05) is 163 Å². The molecule has 0 amide bonds. The van der Waals surface area contributed by atoms with E-state index in [-0.39, 0.29) is 53.0 Å². The van der Waals surface area contributed by atoms with Gasteiger partial charge in [-0.25, -0.2) is 4.79 Å². The van der Waals surface area contributed by atoms with Gasteiger partial charge in [0.05, 0.1) is 23.2 Å². The number of rotatable bonds is 17. The van der Waals surface area contributed by atoms with Gasteiger partial charge in [0.25, 0.3) is 0 Å². The quantitative estimate of drug-likeness (QED) is 0.0713. The second-order valence-corrected chi connectivity index (χ2v) is 34.2. The van der Waals surface area contributed by atoms with E-state index in [0.717, 1.165) is 56.4 Å². The Morgan fingerprint density at radius 1 is 0.789 bits per heavy atom. The molecule has 3 spiro atoms. The molecule has 1 aliphatic heterocycles. The molecule has 90 heavy (non-hydrogen) atoms. The first-order valence-corrected chi connectivity index (χ1v) is 36.9. The minimum absolute atomic E-state index is 0.0275. The van der Waals surface area contributed by atoms with Crippen LogP contribution in [0.25, 0.3) is 10.8 Å². The number of benzene rings is 4. The van der Waals surface area contributed by atoms with Gasteiger partial charge in [-0.2, -0.15) is 0 Å². The first-order valence-electron chi connectivity index (χ1n) is 36.9. The van der Waals surface area contributed by atoms with Crippen LogP contribution in [0.3, 0.4) is 0 Å². The van der Waals surface area contributed by atoms with E-state index in [9.17, 15) is 24.9 Å². The number of aliphatic hydroxyl groups is 3. The van der Waals surface area contributed by atoms with Crippen LogP contribution >= 0.6 is 0 Å². The van der Waals surface area contributed by atoms with Crippen LogP contribution < -0.4 is 0 Å². The van der Waals surface area contributed by atoms with Gasteiger partial charge in [0.15, 0.2) is 0 Å². The lowest BCUT2D eigenvalue weighted by Gasteiger charge is -2.72. The van der Waals surface area contributed by atoms with Crippen LogP contribution in [0.4, 0.5) is 0 Å². The predicted molar refractivity (Wildman–Crippen MR) is 356 cm³/mol. The van der Waals surface area contributed by atoms with Crippen LogP contribution in [0.15, 0.2) is 114 Å². The molecule has 4 bridgehead atoms. The number of aryl methyl sites for hydroxylation is 1. The summed E-state index contributed by atoms with van der Waals surface area (Å²) in [6, 6.07) is 35.5. The van der Waals surface area contributed by atoms with Crippen molar-refractivity contribution in [3.8, 4) is 0 Å². The highest BCUT2D eigenvalue weighted by atomic mass is 16.5. The maximum absolute atomic E-state index is 14.6. The lowest BCUT2D eigenvalue weighted by atomic mass is 9.34. The zero-order chi connectivity index (χ0) is 61.9. The van der Waals surface area contributed by atoms with Crippen molar-refractivity contribution in [1.82, 2.24) is 0 Å². The highest BCUT2D eigenvalue weighted by Gasteiger charge is 2.81. The summed E-state index contributed by atoms with van der Waals surface area (Å²) in [4.78, 5) is 26.8. The normalized spacial score (nSPS) is 42.9. The number of aliphatic hydroxyl groups excluding tert-OH is 2. The van der Waals surface area contributed by atoms with Gasteiger partial charge < -0.3 is 24.8 Å². The Morgan fingerprint density at radius 2 is 1.60 bits per heavy atom. The van der Waals surface area contributed by atoms with Gasteiger partial charge in [0.1, 0.15) is 12.7 Å². The number of cyclic esters (lactones) is 1. The third kappa shape index (κ3) is 8.56. The summed E-state index contributed by atoms with van der Waals surface area (Å²) in [5, 5.41) is 45.3. The molecular weight excluding hydrogens is 1110 g/mol. The average molecular weight is 1220 g/mol. The monoisotopic (exact) mass is 1210 g/mol. The van der Waals surface area contributed by atoms with Gasteiger partial charge in [0, 0.05) is 24.3 Å². The number of esters is 2. The first kappa shape index (κ1) is 60.4. The van der Waals surface area contributed by atoms with E-state index in [4.69, 9.17) is 9.47 Å². The summed E-state index contributed by atoms with van der Waals surface area (Å²) < 4.78 is 12.4. The Labute approximate surface area is 538 Å². The Hall–Kier alpha value is -4.56. The molecule has 0 aromatic heterocycles. The zero-order valence-electron chi connectivity index (χ0n) is 55.4. The number of carbonyl (C=O) groups excluding carboxylic acids is 2. The van der Waals surface area contributed by atoms with E-state index in [0.29, 0.717) is 78.4 Å². The predicted octanol–water partition coefficient (Wildman–Crippen LogP) is 17.8. The van der Waals surface area contributed by atoms with Crippen LogP contribution in [0.1, 0.15) is 241 Å². The fraction of sp³-hybridized carbons (Fsp3) is 0.663. The van der Waals surface area contributed by atoms with E-state index in [1.54, 1.807) is 40.6 Å². The lowest BCUT2D eigenvalue weighted by molar-refractivity contribution is -0.329. The minimum atomic E-state index is -1.57. The molecule has 8 fully saturated rings. The molecule has 7 nitrogen and oxygen atoms in total. The largest absolute Gasteiger partial charge is 0.462 e. The minimum Gasteiger partial charge on any atom is -0.462 e. The molecule has 480 valence electrons. The molecule has 12 aliphatic rings. The van der Waals surface area contributed by atoms with E-state index in [2.05, 4.69) is 132 Å². The number of carbonyl (C=O) groups is 2. The van der Waals surface area contributed by atoms with E-state index in [1.807, 2.05) is 5.57 Å². The van der Waals surface area contributed by atoms with E-state index in [1.165, 1.54) is 94.4 Å². The van der Waals surface area contributed by atoms with Gasteiger partial charge >= 0.3 is 11.9 Å². The molecule has 7 heteroatoms. The Morgan fingerprint density at radius 3 is 2.38 bits per heavy atom. The number of allylic oxidation sites excluding steroid dienone is 2. The number of fused-ring (bicyclic) bond motifs is 5. The lowest BCUT2D eigenvalue weighted by Crippen LogP contribution is -2.77. The summed E-state index contributed by atoms with van der Waals surface area (Å²) in [6.07, 6.45) is 27.7. The number of hydrogen-bond acceptors (Lipinski definition) is 7. The van der Waals surface area contributed by atoms with Crippen molar-refractivity contribution in [1.29, 1.82) is 0 Å². The van der Waals surface area contributed by atoms with E-state index >= 15 is 0 Å². The van der Waals surface area contributed by atoms with Crippen LogP contribution in [-0.4, -0.2) is 57.8 Å². The van der Waals surface area contributed by atoms with Crippen LogP contribution in [0.5, 0.6) is 0 Å². The Bertz CT molecular complexity index is 3490. The molecule has 16 rings (SSSR count). The molecule has 8 saturated carbocycles. The second-order valence-electron chi connectivity index (χ2n) is 34.2. The molecule has 22 atom stereocenters. The van der Waals surface area contributed by atoms with Crippen molar-refractivity contribution in [3.63, 3.8) is 0 Å². The molecule has 4 aromatic rings. The smallest absolute Gasteiger partial charge is 0.331 e. The third-order valence-electron chi connectivity index (χ3n) is 30.2. The molecule has 0 unspecified atom stereocenters. The van der Waals surface area contributed by atoms with Gasteiger partial charge in [0.2, 0.25) is 0 Å². The average Bonchev–Trinajstić information content (AvgIpc) is 1.43. The molecule has 3 N–H and O–H groups in total. The maximum Gasteiger partial charge on any atom is 0.331 e. The SMILES string of the molecule is CC(=O)O[C@@H]1C[C@@H](C)[C@](O)(CCC2=CC(=O)OC2)[C@@]2([C@H](O)CC[C@H](C)CCCc3ccccc3)[C@@H](O)CC[C@@](C)([C@H]3C[C@H]4c5cccc6ccc7c(c56)[C@H]5[C@@H](C[C@]6(c8ccccc8)CCCC[C@@H]76)[C@]67CC[C@@]8(CC[C@H](CCC(C)C)[C@H]8CC8=C[C@H]3C[C@@]45[C@@H]86)C7)[C@H]12. The Balaban J connectivity index is 0.882. The van der Waals surface area contributed by atoms with Crippen molar-refractivity contribution in [2.45, 2.75) is 249 Å². The summed E-state index contributed by atoms with van der Waals surface area (Å²) in [5.74, 6) is 3.46. The standard InChI is InChI=1S/C83H106O7/c1-50(2)26-28-56-33-37-78-39-40-80(49-78)67-47-79(60-22-11-8-12-23-60)35-14-13-25-63(79)62-30-29-57-21-16-24-61-66-45-64(59-43-58(44-65(56)78)75(80)81(66,46-59)74(67)73(62)72(57)61)77(6)36-34-70(86)83(69(85)31-27-51(3)17-15-20-54-18-9-7-10-19-54)76(77)68(90-53(5)84)41-52(4)82(83,88)38-32-55-42-71(87)89-48-55/h7-12,16,18-19,21-24,29-30,42-43,50-52,56,59,63-70,74-76,85-86,88H,13-15,17,20,25-28,31-41,44-49H2,1-6H3/t51-,52-,56+,59+,63+,64+,65-,66+,67-,68-,69-,70+,74-,75+,76+,77+,78+,79+,80-,81-,82-,83+/m1/s1. The molecule has 0 saturated heterocycles. The molecule has 1 heterocycles. The highest BCUT2D eigenvalue weighted by molar-refractivity contribution is 5.93. The number of hydrogen-bond donors (Lipinski definition) is 3. The van der Waals surface area contributed by atoms with Crippen LogP contribution in [0.2, 0.25) is 0 Å². The topological polar surface area (TPSA) is 113 Å². The maximum atomic E-state index is 14.6. The van der Waals surface area contributed by atoms with Crippen LogP contribution in [0, 0.1) is 86.3 Å². The summed E-state index contributed by atoms with van der Waals surface area (Å²) >= 11 is 0. The molecule has 4 aromatic carbocycles. The van der Waals surface area contributed by atoms with Crippen molar-refractivity contribution in [2.75, 3.05) is 6.61 Å². The molecular formula is C83H106O7. The Kier molecular flexibility index (Phi) is 14.8. The summed E-state index contributed by atoms with van der Waals surface area (Å²) in [7, 11) is 0. The van der Waals surface area contributed by atoms with Crippen molar-refractivity contribution < 1.29 is 34.4 Å². The van der Waals surface area contributed by atoms with Gasteiger partial charge in [-0.15, -0.1) is 0 Å². The summed E-state index contributed by atoms with van der Waals surface area (Å²) in [5.41, 5.74) is 7.77. The third-order valence-corrected chi connectivity index (χ3v) is 30.2. The highest BCUT2D eigenvalue weighted by Crippen LogP contribution is 2.89. The first-order chi connectivity index (χ1) is 43.4. The zero-order valence-corrected chi connectivity index (χ0v) is 55.4. The van der Waals surface area contributed by atoms with Crippen molar-refractivity contribution in [3.05, 3.63) is 142 Å². The van der Waals surface area contributed by atoms with Crippen molar-refractivity contribution in [2.24, 2.45) is 86.3 Å². The van der Waals surface area contributed by atoms with Crippen LogP contribution in [-0.2, 0) is 30.9 Å². The summed E-state index contributed by atoms with van der Waals surface area (Å²) in [6.45, 7) is 13.5.